The Labute approximate surface area is 114 Å². The first-order valence-electron chi connectivity index (χ1n) is 7.30. The summed E-state index contributed by atoms with van der Waals surface area (Å²) in [5, 5.41) is 9.30. The van der Waals surface area contributed by atoms with Gasteiger partial charge in [0.1, 0.15) is 0 Å². The topological polar surface area (TPSA) is 83.6 Å². The molecule has 1 saturated heterocycles. The highest BCUT2D eigenvalue weighted by Crippen LogP contribution is 2.39. The molecule has 1 saturated carbocycles. The van der Waals surface area contributed by atoms with Crippen molar-refractivity contribution in [3.8, 4) is 0 Å². The summed E-state index contributed by atoms with van der Waals surface area (Å²) in [5.74, 6) is -1.29. The van der Waals surface area contributed by atoms with E-state index in [9.17, 15) is 14.7 Å². The highest BCUT2D eigenvalue weighted by Gasteiger charge is 2.43. The van der Waals surface area contributed by atoms with Crippen LogP contribution in [0.15, 0.2) is 0 Å². The third-order valence-electron chi connectivity index (χ3n) is 4.64. The van der Waals surface area contributed by atoms with Crippen LogP contribution in [0, 0.1) is 17.8 Å². The van der Waals surface area contributed by atoms with Crippen LogP contribution in [0.25, 0.3) is 0 Å². The largest absolute Gasteiger partial charge is 0.481 e. The number of likely N-dealkylation sites (tertiary alicyclic amines) is 1. The first-order valence-corrected chi connectivity index (χ1v) is 7.30. The summed E-state index contributed by atoms with van der Waals surface area (Å²) in [4.78, 5) is 25.6. The molecule has 4 atom stereocenters. The van der Waals surface area contributed by atoms with E-state index in [1.165, 1.54) is 0 Å². The van der Waals surface area contributed by atoms with E-state index in [1.807, 2.05) is 0 Å². The zero-order valence-electron chi connectivity index (χ0n) is 11.5. The van der Waals surface area contributed by atoms with Gasteiger partial charge in [0.25, 0.3) is 0 Å². The summed E-state index contributed by atoms with van der Waals surface area (Å²) in [5.41, 5.74) is 5.90. The normalized spacial score (nSPS) is 35.4. The SMILES string of the molecule is CCC1CC(C(=O)O)C(C(=O)N2CCCC(N)C2)C1. The average molecular weight is 268 g/mol. The van der Waals surface area contributed by atoms with Crippen LogP contribution in [0.1, 0.15) is 39.0 Å². The molecule has 2 aliphatic rings. The smallest absolute Gasteiger partial charge is 0.307 e. The molecule has 0 aromatic carbocycles. The van der Waals surface area contributed by atoms with Gasteiger partial charge < -0.3 is 15.7 Å². The Kier molecular flexibility index (Phi) is 4.45. The highest BCUT2D eigenvalue weighted by molar-refractivity contribution is 5.85. The third-order valence-corrected chi connectivity index (χ3v) is 4.64. The predicted octanol–water partition coefficient (Wildman–Crippen LogP) is 1.07. The van der Waals surface area contributed by atoms with Crippen molar-refractivity contribution in [1.82, 2.24) is 4.90 Å². The van der Waals surface area contributed by atoms with Gasteiger partial charge in [0.05, 0.1) is 11.8 Å². The molecule has 5 nitrogen and oxygen atoms in total. The number of carboxylic acids is 1. The van der Waals surface area contributed by atoms with Gasteiger partial charge in [-0.05, 0) is 31.6 Å². The van der Waals surface area contributed by atoms with Crippen molar-refractivity contribution >= 4 is 11.9 Å². The Morgan fingerprint density at radius 2 is 2.00 bits per heavy atom. The molecule has 5 heteroatoms. The summed E-state index contributed by atoms with van der Waals surface area (Å²) in [6.45, 7) is 3.37. The fraction of sp³-hybridized carbons (Fsp3) is 0.857. The van der Waals surface area contributed by atoms with Crippen LogP contribution in [0.2, 0.25) is 0 Å². The van der Waals surface area contributed by atoms with Crippen LogP contribution in [0.5, 0.6) is 0 Å². The lowest BCUT2D eigenvalue weighted by Gasteiger charge is -2.33. The lowest BCUT2D eigenvalue weighted by Crippen LogP contribution is -2.48. The lowest BCUT2D eigenvalue weighted by atomic mass is 9.93. The number of carbonyl (C=O) groups excluding carboxylic acids is 1. The van der Waals surface area contributed by atoms with Crippen molar-refractivity contribution in [3.05, 3.63) is 0 Å². The number of aliphatic carboxylic acids is 1. The van der Waals surface area contributed by atoms with Crippen molar-refractivity contribution in [2.45, 2.75) is 45.1 Å². The Morgan fingerprint density at radius 3 is 2.58 bits per heavy atom. The molecular weight excluding hydrogens is 244 g/mol. The Bertz CT molecular complexity index is 359. The second kappa shape index (κ2) is 5.90. The fourth-order valence-corrected chi connectivity index (χ4v) is 3.47. The van der Waals surface area contributed by atoms with E-state index in [0.29, 0.717) is 18.9 Å². The number of hydrogen-bond acceptors (Lipinski definition) is 3. The summed E-state index contributed by atoms with van der Waals surface area (Å²) < 4.78 is 0. The Balaban J connectivity index is 2.05. The van der Waals surface area contributed by atoms with E-state index in [1.54, 1.807) is 4.90 Å². The second-order valence-electron chi connectivity index (χ2n) is 5.98. The zero-order chi connectivity index (χ0) is 14.0. The number of amides is 1. The molecule has 0 bridgehead atoms. The number of piperidine rings is 1. The Morgan fingerprint density at radius 1 is 1.32 bits per heavy atom. The first kappa shape index (κ1) is 14.3. The Hall–Kier alpha value is -1.10. The first-order chi connectivity index (χ1) is 9.02. The number of carbonyl (C=O) groups is 2. The molecule has 1 amide bonds. The third kappa shape index (κ3) is 3.08. The van der Waals surface area contributed by atoms with E-state index in [0.717, 1.165) is 32.2 Å². The van der Waals surface area contributed by atoms with Gasteiger partial charge in [0, 0.05) is 19.1 Å². The van der Waals surface area contributed by atoms with Crippen LogP contribution in [0.4, 0.5) is 0 Å². The van der Waals surface area contributed by atoms with Crippen molar-refractivity contribution in [1.29, 1.82) is 0 Å². The monoisotopic (exact) mass is 268 g/mol. The molecule has 3 N–H and O–H groups in total. The van der Waals surface area contributed by atoms with Gasteiger partial charge in [-0.25, -0.2) is 0 Å². The number of nitrogens with zero attached hydrogens (tertiary/aromatic N) is 1. The summed E-state index contributed by atoms with van der Waals surface area (Å²) in [6.07, 6.45) is 4.19. The number of rotatable bonds is 3. The van der Waals surface area contributed by atoms with Crippen molar-refractivity contribution in [3.63, 3.8) is 0 Å². The minimum Gasteiger partial charge on any atom is -0.481 e. The molecule has 1 aliphatic carbocycles. The molecule has 0 aromatic heterocycles. The lowest BCUT2D eigenvalue weighted by molar-refractivity contribution is -0.149. The van der Waals surface area contributed by atoms with Gasteiger partial charge in [-0.2, -0.15) is 0 Å². The van der Waals surface area contributed by atoms with E-state index in [2.05, 4.69) is 6.92 Å². The van der Waals surface area contributed by atoms with E-state index < -0.39 is 11.9 Å². The van der Waals surface area contributed by atoms with E-state index >= 15 is 0 Å². The predicted molar refractivity (Wildman–Crippen MR) is 71.4 cm³/mol. The maximum Gasteiger partial charge on any atom is 0.307 e. The summed E-state index contributed by atoms with van der Waals surface area (Å²) in [6, 6.07) is 0.0457. The number of hydrogen-bond donors (Lipinski definition) is 2. The van der Waals surface area contributed by atoms with Crippen LogP contribution >= 0.6 is 0 Å². The minimum atomic E-state index is -0.824. The molecule has 2 fully saturated rings. The fourth-order valence-electron chi connectivity index (χ4n) is 3.47. The summed E-state index contributed by atoms with van der Waals surface area (Å²) in [7, 11) is 0. The van der Waals surface area contributed by atoms with Crippen molar-refractivity contribution in [2.75, 3.05) is 13.1 Å². The molecule has 0 spiro atoms. The molecule has 4 unspecified atom stereocenters. The molecule has 0 radical (unpaired) electrons. The van der Waals surface area contributed by atoms with Gasteiger partial charge in [0.2, 0.25) is 5.91 Å². The number of carboxylic acid groups (broad SMARTS) is 1. The number of nitrogens with two attached hydrogens (primary N) is 1. The van der Waals surface area contributed by atoms with Crippen LogP contribution in [-0.2, 0) is 9.59 Å². The quantitative estimate of drug-likeness (QED) is 0.802. The maximum absolute atomic E-state index is 12.5. The van der Waals surface area contributed by atoms with Gasteiger partial charge in [-0.1, -0.05) is 13.3 Å². The molecule has 19 heavy (non-hydrogen) atoms. The minimum absolute atomic E-state index is 0.0125. The van der Waals surface area contributed by atoms with E-state index in [4.69, 9.17) is 5.73 Å². The van der Waals surface area contributed by atoms with Gasteiger partial charge in [-0.3, -0.25) is 9.59 Å². The van der Waals surface area contributed by atoms with E-state index in [-0.39, 0.29) is 17.9 Å². The molecule has 2 rings (SSSR count). The summed E-state index contributed by atoms with van der Waals surface area (Å²) >= 11 is 0. The average Bonchev–Trinajstić information content (AvgIpc) is 2.82. The van der Waals surface area contributed by atoms with Gasteiger partial charge in [0.15, 0.2) is 0 Å². The maximum atomic E-state index is 12.5. The zero-order valence-corrected chi connectivity index (χ0v) is 11.5. The van der Waals surface area contributed by atoms with Crippen molar-refractivity contribution < 1.29 is 14.7 Å². The van der Waals surface area contributed by atoms with Gasteiger partial charge >= 0.3 is 5.97 Å². The van der Waals surface area contributed by atoms with Crippen molar-refractivity contribution in [2.24, 2.45) is 23.5 Å². The van der Waals surface area contributed by atoms with Gasteiger partial charge in [-0.15, -0.1) is 0 Å². The standard InChI is InChI=1S/C14H24N2O3/c1-2-9-6-11(12(7-9)14(18)19)13(17)16-5-3-4-10(15)8-16/h9-12H,2-8,15H2,1H3,(H,18,19). The van der Waals surface area contributed by atoms with Crippen LogP contribution in [0.3, 0.4) is 0 Å². The second-order valence-corrected chi connectivity index (χ2v) is 5.98. The molecular formula is C14H24N2O3. The van der Waals surface area contributed by atoms with Crippen LogP contribution < -0.4 is 5.73 Å². The molecule has 1 heterocycles. The van der Waals surface area contributed by atoms with Crippen LogP contribution in [-0.4, -0.2) is 41.0 Å². The molecule has 108 valence electrons. The highest BCUT2D eigenvalue weighted by atomic mass is 16.4. The molecule has 0 aromatic rings. The molecule has 1 aliphatic heterocycles.